The van der Waals surface area contributed by atoms with Crippen molar-refractivity contribution in [2.24, 2.45) is 5.73 Å². The summed E-state index contributed by atoms with van der Waals surface area (Å²) in [5.41, 5.74) is 8.70. The van der Waals surface area contributed by atoms with Gasteiger partial charge in [-0.25, -0.2) is 4.39 Å². The minimum atomic E-state index is -0.214. The van der Waals surface area contributed by atoms with Crippen LogP contribution in [0.4, 0.5) is 10.1 Å². The first-order chi connectivity index (χ1) is 9.06. The highest BCUT2D eigenvalue weighted by atomic mass is 19.1. The number of nitrogens with zero attached hydrogens (tertiary/aromatic N) is 2. The standard InChI is InChI=1S/C15H18FN3/c1-11(17)15-8-7-14(9-18-15)19(2)10-12-3-5-13(16)6-4-12/h3-9,11H,10,17H2,1-2H3/t11-/m1/s1. The number of rotatable bonds is 4. The summed E-state index contributed by atoms with van der Waals surface area (Å²) in [7, 11) is 1.98. The Balaban J connectivity index is 2.07. The molecule has 1 atom stereocenters. The van der Waals surface area contributed by atoms with Crippen LogP contribution in [0.1, 0.15) is 24.2 Å². The van der Waals surface area contributed by atoms with Crippen LogP contribution < -0.4 is 10.6 Å². The number of anilines is 1. The predicted octanol–water partition coefficient (Wildman–Crippen LogP) is 2.88. The molecule has 0 saturated heterocycles. The number of hydrogen-bond donors (Lipinski definition) is 1. The fourth-order valence-corrected chi connectivity index (χ4v) is 1.85. The Morgan fingerprint density at radius 3 is 2.42 bits per heavy atom. The number of hydrogen-bond acceptors (Lipinski definition) is 3. The van der Waals surface area contributed by atoms with Crippen LogP contribution in [0.25, 0.3) is 0 Å². The van der Waals surface area contributed by atoms with Gasteiger partial charge in [-0.15, -0.1) is 0 Å². The van der Waals surface area contributed by atoms with Gasteiger partial charge in [0, 0.05) is 19.6 Å². The first kappa shape index (κ1) is 13.5. The monoisotopic (exact) mass is 259 g/mol. The highest BCUT2D eigenvalue weighted by molar-refractivity contribution is 5.44. The summed E-state index contributed by atoms with van der Waals surface area (Å²) in [5, 5.41) is 0. The molecular formula is C15H18FN3. The van der Waals surface area contributed by atoms with Crippen LogP contribution in [0.3, 0.4) is 0 Å². The molecule has 1 heterocycles. The molecule has 0 saturated carbocycles. The molecule has 0 radical (unpaired) electrons. The van der Waals surface area contributed by atoms with Crippen molar-refractivity contribution in [2.45, 2.75) is 19.5 Å². The average molecular weight is 259 g/mol. The zero-order valence-corrected chi connectivity index (χ0v) is 11.2. The lowest BCUT2D eigenvalue weighted by atomic mass is 10.2. The van der Waals surface area contributed by atoms with E-state index in [0.29, 0.717) is 6.54 Å². The number of aromatic nitrogens is 1. The summed E-state index contributed by atoms with van der Waals surface area (Å²) in [6, 6.07) is 10.4. The van der Waals surface area contributed by atoms with E-state index >= 15 is 0 Å². The van der Waals surface area contributed by atoms with Gasteiger partial charge in [0.25, 0.3) is 0 Å². The van der Waals surface area contributed by atoms with Gasteiger partial charge in [-0.2, -0.15) is 0 Å². The van der Waals surface area contributed by atoms with E-state index in [9.17, 15) is 4.39 Å². The summed E-state index contributed by atoms with van der Waals surface area (Å²) >= 11 is 0. The zero-order valence-electron chi connectivity index (χ0n) is 11.2. The van der Waals surface area contributed by atoms with Crippen LogP contribution in [0.5, 0.6) is 0 Å². The van der Waals surface area contributed by atoms with Crippen molar-refractivity contribution >= 4 is 5.69 Å². The Hall–Kier alpha value is -1.94. The second kappa shape index (κ2) is 5.80. The van der Waals surface area contributed by atoms with Crippen LogP contribution in [-0.2, 0) is 6.54 Å². The molecule has 2 N–H and O–H groups in total. The van der Waals surface area contributed by atoms with Crippen molar-refractivity contribution in [3.05, 3.63) is 59.7 Å². The van der Waals surface area contributed by atoms with Crippen molar-refractivity contribution < 1.29 is 4.39 Å². The molecule has 0 unspecified atom stereocenters. The highest BCUT2D eigenvalue weighted by Gasteiger charge is 2.05. The smallest absolute Gasteiger partial charge is 0.123 e. The Morgan fingerprint density at radius 2 is 1.89 bits per heavy atom. The Bertz CT molecular complexity index is 520. The van der Waals surface area contributed by atoms with Gasteiger partial charge < -0.3 is 10.6 Å². The van der Waals surface area contributed by atoms with Gasteiger partial charge >= 0.3 is 0 Å². The molecule has 1 aromatic heterocycles. The van der Waals surface area contributed by atoms with Gasteiger partial charge in [-0.3, -0.25) is 4.98 Å². The lowest BCUT2D eigenvalue weighted by Crippen LogP contribution is -2.17. The molecule has 0 aliphatic rings. The lowest BCUT2D eigenvalue weighted by molar-refractivity contribution is 0.627. The van der Waals surface area contributed by atoms with Gasteiger partial charge in [0.15, 0.2) is 0 Å². The van der Waals surface area contributed by atoms with Crippen LogP contribution in [0.15, 0.2) is 42.6 Å². The van der Waals surface area contributed by atoms with Gasteiger partial charge in [0.2, 0.25) is 0 Å². The van der Waals surface area contributed by atoms with Crippen LogP contribution >= 0.6 is 0 Å². The molecule has 1 aromatic carbocycles. The van der Waals surface area contributed by atoms with Crippen molar-refractivity contribution in [1.29, 1.82) is 0 Å². The van der Waals surface area contributed by atoms with E-state index in [0.717, 1.165) is 16.9 Å². The Kier molecular flexibility index (Phi) is 4.12. The predicted molar refractivity (Wildman–Crippen MR) is 75.3 cm³/mol. The van der Waals surface area contributed by atoms with Crippen molar-refractivity contribution in [1.82, 2.24) is 4.98 Å². The summed E-state index contributed by atoms with van der Waals surface area (Å²) in [6.07, 6.45) is 1.81. The number of halogens is 1. The maximum Gasteiger partial charge on any atom is 0.123 e. The molecule has 100 valence electrons. The zero-order chi connectivity index (χ0) is 13.8. The molecule has 0 aliphatic heterocycles. The molecule has 0 aliphatic carbocycles. The fraction of sp³-hybridized carbons (Fsp3) is 0.267. The third kappa shape index (κ3) is 3.51. The average Bonchev–Trinajstić information content (AvgIpc) is 2.41. The molecule has 4 heteroatoms. The van der Waals surface area contributed by atoms with E-state index in [1.165, 1.54) is 12.1 Å². The molecular weight excluding hydrogens is 241 g/mol. The summed E-state index contributed by atoms with van der Waals surface area (Å²) < 4.78 is 12.8. The van der Waals surface area contributed by atoms with Gasteiger partial charge in [-0.1, -0.05) is 12.1 Å². The summed E-state index contributed by atoms with van der Waals surface area (Å²) in [5.74, 6) is -0.214. The maximum absolute atomic E-state index is 12.8. The largest absolute Gasteiger partial charge is 0.369 e. The summed E-state index contributed by atoms with van der Waals surface area (Å²) in [6.45, 7) is 2.61. The van der Waals surface area contributed by atoms with Gasteiger partial charge in [0.05, 0.1) is 17.6 Å². The van der Waals surface area contributed by atoms with Gasteiger partial charge in [0.1, 0.15) is 5.82 Å². The van der Waals surface area contributed by atoms with Crippen molar-refractivity contribution in [3.8, 4) is 0 Å². The Morgan fingerprint density at radius 1 is 1.21 bits per heavy atom. The molecule has 0 amide bonds. The highest BCUT2D eigenvalue weighted by Crippen LogP contribution is 2.16. The van der Waals surface area contributed by atoms with Crippen LogP contribution in [0, 0.1) is 5.82 Å². The van der Waals surface area contributed by atoms with Crippen LogP contribution in [-0.4, -0.2) is 12.0 Å². The topological polar surface area (TPSA) is 42.1 Å². The van der Waals surface area contributed by atoms with Crippen molar-refractivity contribution in [3.63, 3.8) is 0 Å². The van der Waals surface area contributed by atoms with E-state index in [1.54, 1.807) is 12.1 Å². The first-order valence-corrected chi connectivity index (χ1v) is 6.23. The first-order valence-electron chi connectivity index (χ1n) is 6.23. The molecule has 0 fully saturated rings. The van der Waals surface area contributed by atoms with E-state index < -0.39 is 0 Å². The second-order valence-corrected chi connectivity index (χ2v) is 4.71. The number of pyridine rings is 1. The molecule has 0 spiro atoms. The third-order valence-corrected chi connectivity index (χ3v) is 3.01. The van der Waals surface area contributed by atoms with Crippen LogP contribution in [0.2, 0.25) is 0 Å². The molecule has 0 bridgehead atoms. The van der Waals surface area contributed by atoms with Gasteiger partial charge in [-0.05, 0) is 36.8 Å². The molecule has 2 rings (SSSR count). The summed E-state index contributed by atoms with van der Waals surface area (Å²) in [4.78, 5) is 6.39. The van der Waals surface area contributed by atoms with Crippen molar-refractivity contribution in [2.75, 3.05) is 11.9 Å². The maximum atomic E-state index is 12.8. The van der Waals surface area contributed by atoms with E-state index in [-0.39, 0.29) is 11.9 Å². The van der Waals surface area contributed by atoms with E-state index in [4.69, 9.17) is 5.73 Å². The molecule has 3 nitrogen and oxygen atoms in total. The minimum Gasteiger partial charge on any atom is -0.369 e. The minimum absolute atomic E-state index is 0.0588. The number of benzene rings is 1. The van der Waals surface area contributed by atoms with E-state index in [1.807, 2.05) is 32.3 Å². The SMILES string of the molecule is C[C@@H](N)c1ccc(N(C)Cc2ccc(F)cc2)cn1. The second-order valence-electron chi connectivity index (χ2n) is 4.71. The van der Waals surface area contributed by atoms with E-state index in [2.05, 4.69) is 9.88 Å². The fourth-order valence-electron chi connectivity index (χ4n) is 1.85. The quantitative estimate of drug-likeness (QED) is 0.918. The number of nitrogens with two attached hydrogens (primary N) is 1. The lowest BCUT2D eigenvalue weighted by Gasteiger charge is -2.19. The molecule has 19 heavy (non-hydrogen) atoms. The third-order valence-electron chi connectivity index (χ3n) is 3.01. The molecule has 2 aromatic rings. The Labute approximate surface area is 112 Å². The normalized spacial score (nSPS) is 12.2.